The van der Waals surface area contributed by atoms with Gasteiger partial charge in [-0.15, -0.1) is 0 Å². The van der Waals surface area contributed by atoms with Crippen LogP contribution < -0.4 is 21.0 Å². The Bertz CT molecular complexity index is 2910. The van der Waals surface area contributed by atoms with Crippen molar-refractivity contribution in [1.82, 2.24) is 50.2 Å². The van der Waals surface area contributed by atoms with Gasteiger partial charge in [0.05, 0.1) is 35.9 Å². The Labute approximate surface area is 469 Å². The smallest absolute Gasteiger partial charge is 0.406 e. The zero-order chi connectivity index (χ0) is 56.0. The number of alkyl halides is 3. The normalized spacial score (nSPS) is 29.4. The van der Waals surface area contributed by atoms with Gasteiger partial charge in [-0.3, -0.25) is 49.2 Å². The maximum atomic E-state index is 15.2. The second kappa shape index (κ2) is 21.6. The molecule has 2 saturated carbocycles. The van der Waals surface area contributed by atoms with E-state index >= 15 is 18.0 Å². The van der Waals surface area contributed by atoms with Gasteiger partial charge in [0.25, 0.3) is 5.91 Å². The molecule has 16 nitrogen and oxygen atoms in total. The van der Waals surface area contributed by atoms with Crippen LogP contribution in [0.15, 0.2) is 36.5 Å². The van der Waals surface area contributed by atoms with Crippen LogP contribution in [0.3, 0.4) is 0 Å². The van der Waals surface area contributed by atoms with E-state index in [1.165, 1.54) is 35.3 Å². The highest BCUT2D eigenvalue weighted by molar-refractivity contribution is 5.95. The molecule has 434 valence electrons. The number of esters is 1. The van der Waals surface area contributed by atoms with Gasteiger partial charge in [0.1, 0.15) is 24.7 Å². The van der Waals surface area contributed by atoms with E-state index in [2.05, 4.69) is 47.8 Å². The minimum Gasteiger partial charge on any atom is -0.464 e. The first-order valence-electron chi connectivity index (χ1n) is 30.2. The Hall–Kier alpha value is -5.08. The summed E-state index contributed by atoms with van der Waals surface area (Å²) in [6, 6.07) is 6.45. The second-order valence-corrected chi connectivity index (χ2v) is 26.8. The zero-order valence-electron chi connectivity index (χ0n) is 47.9. The van der Waals surface area contributed by atoms with E-state index in [0.717, 1.165) is 73.6 Å². The van der Waals surface area contributed by atoms with Crippen molar-refractivity contribution in [1.29, 1.82) is 0 Å². The molecular formula is C61H84F3N11O5. The Balaban J connectivity index is 0.862. The second-order valence-electron chi connectivity index (χ2n) is 26.8. The number of carbonyl (C=O) groups is 4. The SMILES string of the molecule is CC(C)c1ncc(N2CCN(C3CC3)CC2)cc1-c1c2c3cc(ccc3n1CC(F)(F)F)C1=CCCN(C1)C[C@H](NC(=O)[C@H](C(C)C)N1CC[C@]3(CCN(C(=O)[C@@H]4N[C@@H]4C4CC4)C3)C1)C(=O)N1CCC[C@H](N1)C(=O)OCC(C)(C)C2. The van der Waals surface area contributed by atoms with E-state index in [-0.39, 0.29) is 54.2 Å². The largest absolute Gasteiger partial charge is 0.464 e. The number of piperazine rings is 1. The molecule has 5 saturated heterocycles. The average molecular weight is 1110 g/mol. The van der Waals surface area contributed by atoms with Gasteiger partial charge in [0, 0.05) is 111 Å². The molecule has 1 unspecified atom stereocenters. The van der Waals surface area contributed by atoms with Crippen LogP contribution in [-0.2, 0) is 36.9 Å². The first-order chi connectivity index (χ1) is 38.2. The molecule has 1 aromatic carbocycles. The van der Waals surface area contributed by atoms with Gasteiger partial charge < -0.3 is 24.4 Å². The van der Waals surface area contributed by atoms with E-state index in [1.54, 1.807) is 0 Å². The third kappa shape index (κ3) is 11.5. The number of hydrogen-bond acceptors (Lipinski definition) is 12. The summed E-state index contributed by atoms with van der Waals surface area (Å²) < 4.78 is 53.2. The number of hydrazine groups is 1. The quantitative estimate of drug-likeness (QED) is 0.140. The fourth-order valence-electron chi connectivity index (χ4n) is 14.6. The van der Waals surface area contributed by atoms with Crippen molar-refractivity contribution < 1.29 is 37.1 Å². The van der Waals surface area contributed by atoms with Crippen molar-refractivity contribution in [3.63, 3.8) is 0 Å². The molecule has 9 aliphatic rings. The molecule has 3 amide bonds. The molecule has 3 N–H and O–H groups in total. The van der Waals surface area contributed by atoms with E-state index in [0.29, 0.717) is 105 Å². The number of hydrogen-bond donors (Lipinski definition) is 3. The average Bonchev–Trinajstić information content (AvgIpc) is 4.54. The van der Waals surface area contributed by atoms with Crippen molar-refractivity contribution in [2.45, 2.75) is 161 Å². The number of nitrogens with zero attached hydrogens (tertiary/aromatic N) is 8. The molecule has 3 aromatic rings. The summed E-state index contributed by atoms with van der Waals surface area (Å²) in [5.41, 5.74) is 8.20. The van der Waals surface area contributed by atoms with E-state index in [4.69, 9.17) is 9.72 Å². The lowest BCUT2D eigenvalue weighted by molar-refractivity contribution is -0.155. The number of ether oxygens (including phenoxy) is 1. The van der Waals surface area contributed by atoms with E-state index in [9.17, 15) is 14.4 Å². The Morgan fingerprint density at radius 1 is 0.925 bits per heavy atom. The predicted octanol–water partition coefficient (Wildman–Crippen LogP) is 6.57. The number of likely N-dealkylation sites (tertiary alicyclic amines) is 2. The lowest BCUT2D eigenvalue weighted by atomic mass is 9.83. The molecular weight excluding hydrogens is 1020 g/mol. The Morgan fingerprint density at radius 2 is 1.70 bits per heavy atom. The molecule has 2 aliphatic carbocycles. The lowest BCUT2D eigenvalue weighted by Crippen LogP contribution is -2.63. The molecule has 19 heteroatoms. The molecule has 7 fully saturated rings. The fraction of sp³-hybridized carbons (Fsp3) is 0.689. The number of pyridine rings is 1. The summed E-state index contributed by atoms with van der Waals surface area (Å²) in [5.74, 6) is -0.409. The zero-order valence-corrected chi connectivity index (χ0v) is 47.9. The van der Waals surface area contributed by atoms with Crippen LogP contribution in [0.25, 0.3) is 27.7 Å². The maximum Gasteiger partial charge on any atom is 0.406 e. The highest BCUT2D eigenvalue weighted by Crippen LogP contribution is 2.46. The van der Waals surface area contributed by atoms with Crippen molar-refractivity contribution in [3.05, 3.63) is 53.4 Å². The lowest BCUT2D eigenvalue weighted by Gasteiger charge is -2.38. The fourth-order valence-corrected chi connectivity index (χ4v) is 14.6. The Kier molecular flexibility index (Phi) is 15.0. The number of rotatable bonds is 11. The summed E-state index contributed by atoms with van der Waals surface area (Å²) in [4.78, 5) is 74.2. The molecule has 80 heavy (non-hydrogen) atoms. The summed E-state index contributed by atoms with van der Waals surface area (Å²) in [6.07, 6.45) is 8.09. The number of halogens is 3. The number of cyclic esters (lactones) is 1. The molecule has 2 aromatic heterocycles. The number of nitrogens with one attached hydrogen (secondary N) is 3. The van der Waals surface area contributed by atoms with Crippen LogP contribution >= 0.6 is 0 Å². The van der Waals surface area contributed by atoms with Crippen LogP contribution in [-0.4, -0.2) is 185 Å². The van der Waals surface area contributed by atoms with E-state index in [1.807, 2.05) is 70.8 Å². The van der Waals surface area contributed by atoms with Gasteiger partial charge in [-0.1, -0.05) is 53.7 Å². The summed E-state index contributed by atoms with van der Waals surface area (Å²) >= 11 is 0. The standard InChI is InChI=1S/C61H84F3N11O5/c1-37(2)50-45(28-43(30-65-50)71-25-23-70(24-26-71)42-14-15-42)54-46-29-59(5,6)36-80-58(79)47-10-8-20-75(68-47)56(77)48(32-69-19-7-9-41(31-69)40-13-16-49(44(46)27-40)74(54)35-61(62,63)64)66-55(76)53(38(3)4)72-21-17-60(33-72)18-22-73(34-60)57(78)52-51(67-52)39-11-12-39/h9,13,16,27-28,30,37-39,42,47-48,51-53,67-68H,7-8,10-12,14-15,17-26,29,31-36H2,1-6H3,(H,66,76)/t47-,48-,51+,52+,53-,60-/m0/s1. The van der Waals surface area contributed by atoms with Gasteiger partial charge in [-0.25, -0.2) is 5.43 Å². The van der Waals surface area contributed by atoms with Gasteiger partial charge >= 0.3 is 12.1 Å². The molecule has 1 spiro atoms. The van der Waals surface area contributed by atoms with Crippen LogP contribution in [0.2, 0.25) is 0 Å². The number of aromatic nitrogens is 2. The van der Waals surface area contributed by atoms with Crippen LogP contribution in [0.5, 0.6) is 0 Å². The number of carbonyl (C=O) groups excluding carboxylic acids is 4. The third-order valence-corrected chi connectivity index (χ3v) is 19.1. The van der Waals surface area contributed by atoms with Crippen molar-refractivity contribution >= 4 is 45.9 Å². The van der Waals surface area contributed by atoms with Crippen molar-refractivity contribution in [2.24, 2.45) is 22.7 Å². The third-order valence-electron chi connectivity index (χ3n) is 19.1. The van der Waals surface area contributed by atoms with E-state index < -0.39 is 42.2 Å². The first-order valence-corrected chi connectivity index (χ1v) is 30.2. The number of amides is 3. The molecule has 9 heterocycles. The van der Waals surface area contributed by atoms with Gasteiger partial charge in [-0.05, 0) is 123 Å². The molecule has 6 bridgehead atoms. The Morgan fingerprint density at radius 3 is 2.42 bits per heavy atom. The minimum absolute atomic E-state index is 0.0241. The minimum atomic E-state index is -4.55. The van der Waals surface area contributed by atoms with Gasteiger partial charge in [0.15, 0.2) is 0 Å². The summed E-state index contributed by atoms with van der Waals surface area (Å²) in [7, 11) is 0. The predicted molar refractivity (Wildman–Crippen MR) is 301 cm³/mol. The molecule has 7 aliphatic heterocycles. The van der Waals surface area contributed by atoms with Crippen molar-refractivity contribution in [3.8, 4) is 11.3 Å². The molecule has 7 atom stereocenters. The van der Waals surface area contributed by atoms with Crippen LogP contribution in [0, 0.1) is 22.7 Å². The highest BCUT2D eigenvalue weighted by atomic mass is 19.4. The van der Waals surface area contributed by atoms with Gasteiger partial charge in [-0.2, -0.15) is 13.2 Å². The highest BCUT2D eigenvalue weighted by Gasteiger charge is 2.55. The number of benzene rings is 1. The molecule has 12 rings (SSSR count). The summed E-state index contributed by atoms with van der Waals surface area (Å²) in [5, 5.41) is 8.90. The number of fused-ring (bicyclic) bond motifs is 6. The summed E-state index contributed by atoms with van der Waals surface area (Å²) in [6.45, 7) is 18.8. The monoisotopic (exact) mass is 1110 g/mol. The van der Waals surface area contributed by atoms with Gasteiger partial charge in [0.2, 0.25) is 11.8 Å². The molecule has 0 radical (unpaired) electrons. The first kappa shape index (κ1) is 55.5. The topological polar surface area (TPSA) is 161 Å². The van der Waals surface area contributed by atoms with Crippen LogP contribution in [0.1, 0.15) is 122 Å². The maximum absolute atomic E-state index is 15.2. The van der Waals surface area contributed by atoms with Crippen molar-refractivity contribution in [2.75, 3.05) is 90.0 Å². The van der Waals surface area contributed by atoms with Crippen LogP contribution in [0.4, 0.5) is 18.9 Å². The number of anilines is 1.